The van der Waals surface area contributed by atoms with E-state index in [1.54, 1.807) is 42.7 Å². The fraction of sp³-hybridized carbons (Fsp3) is 0.269. The van der Waals surface area contributed by atoms with E-state index in [2.05, 4.69) is 5.16 Å². The minimum atomic E-state index is -1.16. The molecule has 3 aromatic rings. The molecular formula is C26H27FN2O6. The van der Waals surface area contributed by atoms with Crippen LogP contribution in [0.15, 0.2) is 64.8 Å². The number of hydrogen-bond donors (Lipinski definition) is 1. The molecule has 0 aliphatic carbocycles. The molecule has 0 radical (unpaired) electrons. The molecule has 2 aromatic carbocycles. The molecule has 1 heterocycles. The van der Waals surface area contributed by atoms with Gasteiger partial charge in [-0.15, -0.1) is 0 Å². The number of carbonyl (C=O) groups is 1. The molecule has 0 aliphatic heterocycles. The first-order chi connectivity index (χ1) is 16.7. The molecule has 0 bridgehead atoms. The van der Waals surface area contributed by atoms with Gasteiger partial charge in [-0.1, -0.05) is 23.4 Å². The maximum Gasteiger partial charge on any atom is 0.338 e. The van der Waals surface area contributed by atoms with Crippen LogP contribution in [0.4, 0.5) is 4.39 Å². The number of oxime groups is 1. The predicted molar refractivity (Wildman–Crippen MR) is 129 cm³/mol. The van der Waals surface area contributed by atoms with Crippen LogP contribution >= 0.6 is 0 Å². The standard InChI is InChI=1S/C26H27FN2O6/c1-16(2)35-28-12-17-13-29(15-23(30)21-11-18(27)9-10-24(21)33-3)14-22(25(17)31)19-7-5-6-8-20(19)26(32)34-4/h5-14,16,23,30H,15H2,1-4H3. The molecule has 1 atom stereocenters. The lowest BCUT2D eigenvalue weighted by molar-refractivity contribution is 0.0601. The number of ether oxygens (including phenoxy) is 2. The number of methoxy groups -OCH3 is 2. The maximum atomic E-state index is 13.9. The molecule has 35 heavy (non-hydrogen) atoms. The van der Waals surface area contributed by atoms with E-state index in [9.17, 15) is 19.1 Å². The quantitative estimate of drug-likeness (QED) is 0.282. The van der Waals surface area contributed by atoms with Crippen LogP contribution in [0.1, 0.15) is 41.4 Å². The molecule has 1 unspecified atom stereocenters. The summed E-state index contributed by atoms with van der Waals surface area (Å²) in [6.07, 6.45) is 2.93. The molecule has 0 spiro atoms. The van der Waals surface area contributed by atoms with Crippen molar-refractivity contribution < 1.29 is 28.6 Å². The number of aromatic nitrogens is 1. The lowest BCUT2D eigenvalue weighted by Gasteiger charge is -2.18. The highest BCUT2D eigenvalue weighted by Crippen LogP contribution is 2.28. The van der Waals surface area contributed by atoms with Gasteiger partial charge in [0.15, 0.2) is 5.43 Å². The lowest BCUT2D eigenvalue weighted by atomic mass is 9.99. The Balaban J connectivity index is 2.13. The third kappa shape index (κ3) is 6.13. The number of pyridine rings is 1. The summed E-state index contributed by atoms with van der Waals surface area (Å²) in [6, 6.07) is 10.4. The summed E-state index contributed by atoms with van der Waals surface area (Å²) < 4.78 is 25.5. The molecular weight excluding hydrogens is 455 g/mol. The van der Waals surface area contributed by atoms with E-state index in [4.69, 9.17) is 14.3 Å². The van der Waals surface area contributed by atoms with Gasteiger partial charge in [0.2, 0.25) is 0 Å². The Morgan fingerprint density at radius 2 is 1.89 bits per heavy atom. The minimum absolute atomic E-state index is 0.0423. The Labute approximate surface area is 202 Å². The first-order valence-electron chi connectivity index (χ1n) is 10.9. The van der Waals surface area contributed by atoms with Crippen LogP contribution in [0.2, 0.25) is 0 Å². The number of halogens is 1. The van der Waals surface area contributed by atoms with Crippen LogP contribution in [-0.4, -0.2) is 42.2 Å². The Morgan fingerprint density at radius 3 is 2.57 bits per heavy atom. The van der Waals surface area contributed by atoms with Gasteiger partial charge >= 0.3 is 5.97 Å². The van der Waals surface area contributed by atoms with Crippen molar-refractivity contribution in [2.45, 2.75) is 32.6 Å². The minimum Gasteiger partial charge on any atom is -0.496 e. The molecule has 1 N–H and O–H groups in total. The molecule has 184 valence electrons. The van der Waals surface area contributed by atoms with Crippen molar-refractivity contribution in [2.75, 3.05) is 14.2 Å². The highest BCUT2D eigenvalue weighted by molar-refractivity contribution is 5.97. The lowest BCUT2D eigenvalue weighted by Crippen LogP contribution is -2.19. The topological polar surface area (TPSA) is 99.3 Å². The number of hydrogen-bond acceptors (Lipinski definition) is 7. The molecule has 0 saturated carbocycles. The van der Waals surface area contributed by atoms with Crippen LogP contribution in [0.3, 0.4) is 0 Å². The van der Waals surface area contributed by atoms with Crippen molar-refractivity contribution >= 4 is 12.2 Å². The summed E-state index contributed by atoms with van der Waals surface area (Å²) in [5.74, 6) is -0.798. The molecule has 3 rings (SSSR count). The van der Waals surface area contributed by atoms with Gasteiger partial charge in [0.05, 0.1) is 38.1 Å². The average molecular weight is 483 g/mol. The van der Waals surface area contributed by atoms with Crippen molar-refractivity contribution in [1.29, 1.82) is 0 Å². The molecule has 9 heteroatoms. The van der Waals surface area contributed by atoms with Gasteiger partial charge in [0, 0.05) is 29.1 Å². The van der Waals surface area contributed by atoms with Crippen molar-refractivity contribution in [1.82, 2.24) is 4.57 Å². The number of aliphatic hydroxyl groups is 1. The normalized spacial score (nSPS) is 12.1. The van der Waals surface area contributed by atoms with Gasteiger partial charge in [-0.2, -0.15) is 0 Å². The molecule has 0 aliphatic rings. The van der Waals surface area contributed by atoms with Gasteiger partial charge in [0.25, 0.3) is 0 Å². The number of rotatable bonds is 9. The van der Waals surface area contributed by atoms with Crippen LogP contribution in [-0.2, 0) is 16.1 Å². The monoisotopic (exact) mass is 482 g/mol. The maximum absolute atomic E-state index is 13.9. The first-order valence-corrected chi connectivity index (χ1v) is 10.9. The van der Waals surface area contributed by atoms with E-state index in [0.717, 1.165) is 0 Å². The Bertz CT molecular complexity index is 1290. The summed E-state index contributed by atoms with van der Waals surface area (Å²) >= 11 is 0. The second-order valence-corrected chi connectivity index (χ2v) is 7.98. The van der Waals surface area contributed by atoms with Crippen LogP contribution < -0.4 is 10.2 Å². The number of carbonyl (C=O) groups excluding carboxylic acids is 1. The molecule has 0 amide bonds. The fourth-order valence-corrected chi connectivity index (χ4v) is 3.52. The van der Waals surface area contributed by atoms with E-state index in [0.29, 0.717) is 11.3 Å². The fourth-order valence-electron chi connectivity index (χ4n) is 3.52. The van der Waals surface area contributed by atoms with Gasteiger partial charge in [-0.05, 0) is 38.1 Å². The van der Waals surface area contributed by atoms with E-state index in [-0.39, 0.29) is 34.9 Å². The van der Waals surface area contributed by atoms with Crippen molar-refractivity contribution in [3.63, 3.8) is 0 Å². The number of aliphatic hydroxyl groups excluding tert-OH is 1. The second kappa shape index (κ2) is 11.4. The number of nitrogens with zero attached hydrogens (tertiary/aromatic N) is 2. The van der Waals surface area contributed by atoms with Gasteiger partial charge in [-0.25, -0.2) is 9.18 Å². The Kier molecular flexibility index (Phi) is 8.38. The highest BCUT2D eigenvalue weighted by atomic mass is 19.1. The van der Waals surface area contributed by atoms with Gasteiger partial charge in [0.1, 0.15) is 23.8 Å². The van der Waals surface area contributed by atoms with Crippen molar-refractivity contribution in [3.05, 3.63) is 87.6 Å². The summed E-state index contributed by atoms with van der Waals surface area (Å²) in [4.78, 5) is 30.9. The van der Waals surface area contributed by atoms with Gasteiger partial charge in [-0.3, -0.25) is 4.79 Å². The zero-order valence-corrected chi connectivity index (χ0v) is 19.9. The van der Waals surface area contributed by atoms with Crippen LogP contribution in [0.25, 0.3) is 11.1 Å². The zero-order valence-electron chi connectivity index (χ0n) is 19.9. The number of esters is 1. The highest BCUT2D eigenvalue weighted by Gasteiger charge is 2.19. The molecule has 1 aromatic heterocycles. The van der Waals surface area contributed by atoms with Crippen molar-refractivity contribution in [3.8, 4) is 16.9 Å². The molecule has 0 saturated heterocycles. The third-order valence-electron chi connectivity index (χ3n) is 5.13. The second-order valence-electron chi connectivity index (χ2n) is 7.98. The Hall–Kier alpha value is -3.98. The smallest absolute Gasteiger partial charge is 0.338 e. The summed E-state index contributed by atoms with van der Waals surface area (Å²) in [5.41, 5.74) is 0.779. The first kappa shape index (κ1) is 25.6. The largest absolute Gasteiger partial charge is 0.496 e. The summed E-state index contributed by atoms with van der Waals surface area (Å²) in [7, 11) is 2.68. The molecule has 8 nitrogen and oxygen atoms in total. The van der Waals surface area contributed by atoms with Crippen LogP contribution in [0.5, 0.6) is 5.75 Å². The van der Waals surface area contributed by atoms with E-state index >= 15 is 0 Å². The Morgan fingerprint density at radius 1 is 1.14 bits per heavy atom. The van der Waals surface area contributed by atoms with Crippen molar-refractivity contribution in [2.24, 2.45) is 5.16 Å². The predicted octanol–water partition coefficient (Wildman–Crippen LogP) is 3.94. The SMILES string of the molecule is COC(=O)c1ccccc1-c1cn(CC(O)c2cc(F)ccc2OC)cc(C=NOC(C)C)c1=O. The zero-order chi connectivity index (χ0) is 25.5. The summed E-state index contributed by atoms with van der Waals surface area (Å²) in [5, 5.41) is 14.7. The van der Waals surface area contributed by atoms with E-state index in [1.165, 1.54) is 51.0 Å². The molecule has 0 fully saturated rings. The van der Waals surface area contributed by atoms with Gasteiger partial charge < -0.3 is 24.0 Å². The average Bonchev–Trinajstić information content (AvgIpc) is 2.85. The number of benzene rings is 2. The van der Waals surface area contributed by atoms with E-state index in [1.807, 2.05) is 0 Å². The van der Waals surface area contributed by atoms with Crippen LogP contribution in [0, 0.1) is 5.82 Å². The van der Waals surface area contributed by atoms with E-state index < -0.39 is 23.3 Å². The summed E-state index contributed by atoms with van der Waals surface area (Å²) in [6.45, 7) is 3.54. The third-order valence-corrected chi connectivity index (χ3v) is 5.13.